The van der Waals surface area contributed by atoms with Gasteiger partial charge in [-0.2, -0.15) is 0 Å². The number of carbonyl (C=O) groups is 1. The van der Waals surface area contributed by atoms with Crippen LogP contribution in [-0.4, -0.2) is 15.5 Å². The standard InChI is InChI=1S/C24H23N3O2S/c1-14-9-10-18(16(3)11-14)19-12-30-23-21(19)24(29)27(13-25-23)17(4)22(28)26-20-8-6-5-7-15(20)2/h5-13,17H,1-4H3,(H,26,28)/t17-/m1/s1. The van der Waals surface area contributed by atoms with Gasteiger partial charge in [0.05, 0.1) is 11.7 Å². The molecular formula is C24H23N3O2S. The minimum Gasteiger partial charge on any atom is -0.324 e. The van der Waals surface area contributed by atoms with Gasteiger partial charge in [-0.25, -0.2) is 4.98 Å². The molecule has 152 valence electrons. The number of nitrogens with one attached hydrogen (secondary N) is 1. The molecule has 0 bridgehead atoms. The van der Waals surface area contributed by atoms with Gasteiger partial charge < -0.3 is 5.32 Å². The van der Waals surface area contributed by atoms with Crippen molar-refractivity contribution in [3.8, 4) is 11.1 Å². The van der Waals surface area contributed by atoms with Crippen LogP contribution in [0.3, 0.4) is 0 Å². The lowest BCUT2D eigenvalue weighted by Crippen LogP contribution is -2.31. The van der Waals surface area contributed by atoms with Crippen LogP contribution >= 0.6 is 11.3 Å². The van der Waals surface area contributed by atoms with E-state index in [1.165, 1.54) is 27.8 Å². The zero-order valence-corrected chi connectivity index (χ0v) is 18.2. The molecule has 30 heavy (non-hydrogen) atoms. The van der Waals surface area contributed by atoms with Crippen molar-refractivity contribution in [2.75, 3.05) is 5.32 Å². The largest absolute Gasteiger partial charge is 0.324 e. The third-order valence-corrected chi connectivity index (χ3v) is 6.28. The van der Waals surface area contributed by atoms with E-state index in [0.29, 0.717) is 10.2 Å². The van der Waals surface area contributed by atoms with Gasteiger partial charge in [0.25, 0.3) is 5.56 Å². The van der Waals surface area contributed by atoms with E-state index in [-0.39, 0.29) is 11.5 Å². The summed E-state index contributed by atoms with van der Waals surface area (Å²) in [6, 6.07) is 13.1. The van der Waals surface area contributed by atoms with Gasteiger partial charge in [0.1, 0.15) is 10.9 Å². The Morgan fingerprint density at radius 3 is 2.57 bits per heavy atom. The number of rotatable bonds is 4. The van der Waals surface area contributed by atoms with Crippen molar-refractivity contribution in [3.05, 3.63) is 81.2 Å². The molecule has 0 radical (unpaired) electrons. The molecule has 0 saturated heterocycles. The first kappa shape index (κ1) is 20.0. The molecule has 1 atom stereocenters. The summed E-state index contributed by atoms with van der Waals surface area (Å²) < 4.78 is 1.41. The van der Waals surface area contributed by atoms with E-state index in [9.17, 15) is 9.59 Å². The number of hydrogen-bond donors (Lipinski definition) is 1. The van der Waals surface area contributed by atoms with Crippen LogP contribution in [0.2, 0.25) is 0 Å². The molecule has 2 aromatic heterocycles. The monoisotopic (exact) mass is 417 g/mol. The van der Waals surface area contributed by atoms with Gasteiger partial charge in [-0.3, -0.25) is 14.2 Å². The van der Waals surface area contributed by atoms with Gasteiger partial charge in [0.15, 0.2) is 0 Å². The van der Waals surface area contributed by atoms with Gasteiger partial charge in [-0.1, -0.05) is 42.0 Å². The van der Waals surface area contributed by atoms with E-state index >= 15 is 0 Å². The minimum atomic E-state index is -0.694. The molecule has 4 rings (SSSR count). The summed E-state index contributed by atoms with van der Waals surface area (Å²) in [6.07, 6.45) is 1.47. The maximum atomic E-state index is 13.4. The minimum absolute atomic E-state index is 0.205. The zero-order chi connectivity index (χ0) is 21.4. The molecule has 2 heterocycles. The summed E-state index contributed by atoms with van der Waals surface area (Å²) in [5.41, 5.74) is 5.66. The second-order valence-corrected chi connectivity index (χ2v) is 8.44. The quantitative estimate of drug-likeness (QED) is 0.493. The molecule has 0 spiro atoms. The van der Waals surface area contributed by atoms with Crippen molar-refractivity contribution in [2.45, 2.75) is 33.7 Å². The van der Waals surface area contributed by atoms with Gasteiger partial charge >= 0.3 is 0 Å². The number of benzene rings is 2. The number of aromatic nitrogens is 2. The SMILES string of the molecule is Cc1ccc(-c2csc3ncn([C@H](C)C(=O)Nc4ccccc4C)c(=O)c23)c(C)c1. The number of carbonyl (C=O) groups excluding carboxylic acids is 1. The molecule has 1 N–H and O–H groups in total. The van der Waals surface area contributed by atoms with Gasteiger partial charge in [-0.05, 0) is 50.5 Å². The Morgan fingerprint density at radius 2 is 1.83 bits per heavy atom. The van der Waals surface area contributed by atoms with Crippen molar-refractivity contribution >= 4 is 33.1 Å². The van der Waals surface area contributed by atoms with Crippen LogP contribution in [-0.2, 0) is 4.79 Å². The van der Waals surface area contributed by atoms with E-state index in [0.717, 1.165) is 27.9 Å². The first-order chi connectivity index (χ1) is 14.4. The molecule has 0 saturated carbocycles. The molecule has 2 aromatic carbocycles. The van der Waals surface area contributed by atoms with Crippen LogP contribution in [0.15, 0.2) is 59.0 Å². The number of hydrogen-bond acceptors (Lipinski definition) is 4. The van der Waals surface area contributed by atoms with E-state index in [4.69, 9.17) is 0 Å². The van der Waals surface area contributed by atoms with E-state index in [2.05, 4.69) is 16.4 Å². The molecule has 0 aliphatic carbocycles. The summed E-state index contributed by atoms with van der Waals surface area (Å²) >= 11 is 1.44. The zero-order valence-electron chi connectivity index (χ0n) is 17.4. The molecule has 1 amide bonds. The number of anilines is 1. The predicted octanol–water partition coefficient (Wildman–Crippen LogP) is 5.25. The fourth-order valence-electron chi connectivity index (χ4n) is 3.61. The van der Waals surface area contributed by atoms with Crippen molar-refractivity contribution < 1.29 is 4.79 Å². The lowest BCUT2D eigenvalue weighted by Gasteiger charge is -2.16. The average molecular weight is 418 g/mol. The highest BCUT2D eigenvalue weighted by Crippen LogP contribution is 2.33. The Labute approximate surface area is 179 Å². The van der Waals surface area contributed by atoms with Gasteiger partial charge in [-0.15, -0.1) is 11.3 Å². The summed E-state index contributed by atoms with van der Waals surface area (Å²) in [5.74, 6) is -0.254. The number of para-hydroxylation sites is 1. The second-order valence-electron chi connectivity index (χ2n) is 7.59. The van der Waals surface area contributed by atoms with Crippen LogP contribution in [0.25, 0.3) is 21.3 Å². The van der Waals surface area contributed by atoms with E-state index in [1.54, 1.807) is 6.92 Å². The van der Waals surface area contributed by atoms with Crippen molar-refractivity contribution in [1.29, 1.82) is 0 Å². The molecule has 0 aliphatic heterocycles. The molecular weight excluding hydrogens is 394 g/mol. The van der Waals surface area contributed by atoms with Crippen LogP contribution in [0.5, 0.6) is 0 Å². The first-order valence-corrected chi connectivity index (χ1v) is 10.7. The van der Waals surface area contributed by atoms with Crippen molar-refractivity contribution in [1.82, 2.24) is 9.55 Å². The summed E-state index contributed by atoms with van der Waals surface area (Å²) in [5, 5.41) is 5.45. The fraction of sp³-hybridized carbons (Fsp3) is 0.208. The second kappa shape index (κ2) is 7.88. The fourth-order valence-corrected chi connectivity index (χ4v) is 4.51. The Bertz CT molecular complexity index is 1320. The number of fused-ring (bicyclic) bond motifs is 1. The lowest BCUT2D eigenvalue weighted by atomic mass is 9.99. The molecule has 0 fully saturated rings. The maximum Gasteiger partial charge on any atom is 0.263 e. The van der Waals surface area contributed by atoms with Gasteiger partial charge in [0, 0.05) is 16.6 Å². The number of thiophene rings is 1. The highest BCUT2D eigenvalue weighted by molar-refractivity contribution is 7.17. The summed E-state index contributed by atoms with van der Waals surface area (Å²) in [4.78, 5) is 31.4. The van der Waals surface area contributed by atoms with Crippen molar-refractivity contribution in [3.63, 3.8) is 0 Å². The van der Waals surface area contributed by atoms with Gasteiger partial charge in [0.2, 0.25) is 5.91 Å². The summed E-state index contributed by atoms with van der Waals surface area (Å²) in [6.45, 7) is 7.73. The van der Waals surface area contributed by atoms with Crippen LogP contribution in [0.1, 0.15) is 29.7 Å². The smallest absolute Gasteiger partial charge is 0.263 e. The van der Waals surface area contributed by atoms with Crippen LogP contribution in [0.4, 0.5) is 5.69 Å². The van der Waals surface area contributed by atoms with Crippen molar-refractivity contribution in [2.24, 2.45) is 0 Å². The van der Waals surface area contributed by atoms with E-state index < -0.39 is 6.04 Å². The Morgan fingerprint density at radius 1 is 1.07 bits per heavy atom. The molecule has 0 unspecified atom stereocenters. The molecule has 4 aromatic rings. The van der Waals surface area contributed by atoms with Crippen LogP contribution < -0.4 is 10.9 Å². The highest BCUT2D eigenvalue weighted by Gasteiger charge is 2.21. The molecule has 6 heteroatoms. The normalized spacial score (nSPS) is 12.1. The highest BCUT2D eigenvalue weighted by atomic mass is 32.1. The predicted molar refractivity (Wildman–Crippen MR) is 123 cm³/mol. The third-order valence-electron chi connectivity index (χ3n) is 5.39. The summed E-state index contributed by atoms with van der Waals surface area (Å²) in [7, 11) is 0. The van der Waals surface area contributed by atoms with E-state index in [1.807, 2.05) is 62.5 Å². The Hall–Kier alpha value is -3.25. The molecule has 0 aliphatic rings. The number of amides is 1. The molecule has 5 nitrogen and oxygen atoms in total. The third kappa shape index (κ3) is 3.55. The Kier molecular flexibility index (Phi) is 5.26. The number of nitrogens with zero attached hydrogens (tertiary/aromatic N) is 2. The Balaban J connectivity index is 1.75. The average Bonchev–Trinajstić information content (AvgIpc) is 3.14. The number of aryl methyl sites for hydroxylation is 3. The topological polar surface area (TPSA) is 64.0 Å². The lowest BCUT2D eigenvalue weighted by molar-refractivity contribution is -0.118. The first-order valence-electron chi connectivity index (χ1n) is 9.79. The van der Waals surface area contributed by atoms with Crippen LogP contribution in [0, 0.1) is 20.8 Å². The maximum absolute atomic E-state index is 13.4.